The summed E-state index contributed by atoms with van der Waals surface area (Å²) < 4.78 is 23.5. The summed E-state index contributed by atoms with van der Waals surface area (Å²) in [5.41, 5.74) is 0. The van der Waals surface area contributed by atoms with E-state index in [-0.39, 0.29) is 18.9 Å². The lowest BCUT2D eigenvalue weighted by molar-refractivity contribution is -0.870. The number of likely N-dealkylation sites (N-methyl/N-ethyl adjacent to an activating group) is 1. The van der Waals surface area contributed by atoms with Crippen LogP contribution in [0, 0.1) is 0 Å². The summed E-state index contributed by atoms with van der Waals surface area (Å²) in [5.74, 6) is -0.316. The van der Waals surface area contributed by atoms with Gasteiger partial charge in [0, 0.05) is 6.42 Å². The molecule has 1 amide bonds. The van der Waals surface area contributed by atoms with Gasteiger partial charge >= 0.3 is 7.82 Å². The van der Waals surface area contributed by atoms with E-state index < -0.39 is 32.7 Å². The highest BCUT2D eigenvalue weighted by Gasteiger charge is 2.31. The van der Waals surface area contributed by atoms with Gasteiger partial charge in [0.05, 0.1) is 39.9 Å². The van der Waals surface area contributed by atoms with Crippen molar-refractivity contribution in [2.24, 2.45) is 0 Å². The molecule has 0 fully saturated rings. The fourth-order valence-electron chi connectivity index (χ4n) is 6.77. The van der Waals surface area contributed by atoms with Gasteiger partial charge in [-0.1, -0.05) is 183 Å². The lowest BCUT2D eigenvalue weighted by Gasteiger charge is -2.28. The van der Waals surface area contributed by atoms with E-state index >= 15 is 0 Å². The molecule has 0 aromatic carbocycles. The van der Waals surface area contributed by atoms with Crippen LogP contribution < -0.4 is 5.32 Å². The number of nitrogens with one attached hydrogen (secondary N) is 1. The Morgan fingerprint density at radius 1 is 0.507 bits per heavy atom. The smallest absolute Gasteiger partial charge is 0.390 e. The van der Waals surface area contributed by atoms with Crippen molar-refractivity contribution < 1.29 is 38.0 Å². The van der Waals surface area contributed by atoms with E-state index in [2.05, 4.69) is 182 Å². The predicted octanol–water partition coefficient (Wildman–Crippen LogP) is 15.8. The number of unbranched alkanes of at least 4 members (excludes halogenated alkanes) is 6. The van der Waals surface area contributed by atoms with Crippen molar-refractivity contribution in [1.82, 2.24) is 5.32 Å². The van der Waals surface area contributed by atoms with Crippen LogP contribution in [0.2, 0.25) is 0 Å². The van der Waals surface area contributed by atoms with Gasteiger partial charge in [0.25, 0.3) is 0 Å². The van der Waals surface area contributed by atoms with Gasteiger partial charge in [0.15, 0.2) is 0 Å². The molecule has 0 bridgehead atoms. The molecule has 0 rings (SSSR count). The number of nitrogens with zero attached hydrogens (tertiary/aromatic N) is 1. The topological polar surface area (TPSA) is 125 Å². The van der Waals surface area contributed by atoms with Gasteiger partial charge in [-0.15, -0.1) is 0 Å². The molecule has 0 aliphatic carbocycles. The van der Waals surface area contributed by atoms with Crippen LogP contribution in [0.3, 0.4) is 0 Å². The van der Waals surface area contributed by atoms with Crippen molar-refractivity contribution in [2.45, 2.75) is 180 Å². The summed E-state index contributed by atoms with van der Waals surface area (Å²) in [6, 6.07) is -1.09. The maximum atomic E-state index is 13.0. The van der Waals surface area contributed by atoms with Crippen LogP contribution in [-0.4, -0.2) is 84.6 Å². The van der Waals surface area contributed by atoms with E-state index in [1.54, 1.807) is 0 Å². The Morgan fingerprint density at radius 2 is 0.877 bits per heavy atom. The number of hydrogen-bond donors (Lipinski definition) is 4. The van der Waals surface area contributed by atoms with E-state index in [0.29, 0.717) is 30.3 Å². The Balaban J connectivity index is 4.35. The first kappa shape index (κ1) is 68.8. The van der Waals surface area contributed by atoms with Gasteiger partial charge in [0.1, 0.15) is 19.3 Å². The zero-order chi connectivity index (χ0) is 53.6. The molecule has 73 heavy (non-hydrogen) atoms. The second kappa shape index (κ2) is 51.3. The molecule has 0 saturated carbocycles. The molecule has 0 spiro atoms. The molecular formula is C63H102N2O7P+. The van der Waals surface area contributed by atoms with Gasteiger partial charge in [-0.2, -0.15) is 0 Å². The van der Waals surface area contributed by atoms with Crippen LogP contribution in [0.1, 0.15) is 162 Å². The Kier molecular flexibility index (Phi) is 48.4. The minimum absolute atomic E-state index is 0.00481. The normalized spacial score (nSPS) is 15.7. The number of aliphatic hydroxyl groups excluding tert-OH is 2. The fourth-order valence-corrected chi connectivity index (χ4v) is 7.51. The zero-order valence-corrected chi connectivity index (χ0v) is 47.0. The minimum Gasteiger partial charge on any atom is -0.390 e. The maximum absolute atomic E-state index is 13.0. The number of carbonyl (C=O) groups excluding carboxylic acids is 1. The molecule has 9 nitrogen and oxygen atoms in total. The van der Waals surface area contributed by atoms with Gasteiger partial charge in [-0.3, -0.25) is 13.8 Å². The van der Waals surface area contributed by atoms with Crippen molar-refractivity contribution in [1.29, 1.82) is 0 Å². The average Bonchev–Trinajstić information content (AvgIpc) is 3.35. The third-order valence-electron chi connectivity index (χ3n) is 11.1. The van der Waals surface area contributed by atoms with E-state index in [9.17, 15) is 24.5 Å². The number of quaternary nitrogens is 1. The molecule has 410 valence electrons. The monoisotopic (exact) mass is 1030 g/mol. The molecule has 0 saturated heterocycles. The Hall–Kier alpha value is -4.18. The molecule has 0 aliphatic rings. The van der Waals surface area contributed by atoms with E-state index in [1.165, 1.54) is 0 Å². The second-order valence-corrected chi connectivity index (χ2v) is 20.4. The molecule has 0 heterocycles. The summed E-state index contributed by atoms with van der Waals surface area (Å²) in [5, 5.41) is 24.7. The quantitative estimate of drug-likeness (QED) is 0.0207. The molecule has 0 aliphatic heterocycles. The fraction of sp³-hybridized carbons (Fsp3) is 0.540. The van der Waals surface area contributed by atoms with Crippen molar-refractivity contribution in [2.75, 3.05) is 40.9 Å². The molecule has 10 heteroatoms. The lowest BCUT2D eigenvalue weighted by Crippen LogP contribution is -2.51. The number of hydrogen-bond acceptors (Lipinski definition) is 6. The summed E-state index contributed by atoms with van der Waals surface area (Å²) in [4.78, 5) is 23.3. The number of phosphoric ester groups is 1. The van der Waals surface area contributed by atoms with Crippen molar-refractivity contribution in [3.8, 4) is 0 Å². The molecule has 4 unspecified atom stereocenters. The van der Waals surface area contributed by atoms with Crippen LogP contribution in [0.4, 0.5) is 0 Å². The van der Waals surface area contributed by atoms with Crippen LogP contribution in [0.25, 0.3) is 0 Å². The highest BCUT2D eigenvalue weighted by molar-refractivity contribution is 7.47. The van der Waals surface area contributed by atoms with Gasteiger partial charge < -0.3 is 24.9 Å². The molecule has 0 radical (unpaired) electrons. The third kappa shape index (κ3) is 52.5. The summed E-state index contributed by atoms with van der Waals surface area (Å²) in [6.45, 7) is 4.18. The van der Waals surface area contributed by atoms with Crippen molar-refractivity contribution >= 4 is 13.7 Å². The highest BCUT2D eigenvalue weighted by Crippen LogP contribution is 2.43. The van der Waals surface area contributed by atoms with E-state index in [4.69, 9.17) is 9.05 Å². The van der Waals surface area contributed by atoms with Crippen molar-refractivity contribution in [3.63, 3.8) is 0 Å². The van der Waals surface area contributed by atoms with Gasteiger partial charge in [-0.25, -0.2) is 4.57 Å². The number of amides is 1. The number of phosphoric acid groups is 1. The molecule has 0 aromatic heterocycles. The van der Waals surface area contributed by atoms with Crippen molar-refractivity contribution in [3.05, 3.63) is 170 Å². The Bertz CT molecular complexity index is 1800. The van der Waals surface area contributed by atoms with Crippen LogP contribution >= 0.6 is 7.82 Å². The minimum atomic E-state index is -4.46. The first-order valence-electron chi connectivity index (χ1n) is 27.6. The lowest BCUT2D eigenvalue weighted by atomic mass is 10.0. The summed E-state index contributed by atoms with van der Waals surface area (Å²) >= 11 is 0. The Morgan fingerprint density at radius 3 is 1.29 bits per heavy atom. The molecule has 4 atom stereocenters. The summed E-state index contributed by atoms with van der Waals surface area (Å²) in [6.07, 6.45) is 78.9. The van der Waals surface area contributed by atoms with Crippen LogP contribution in [0.15, 0.2) is 170 Å². The number of allylic oxidation sites excluding steroid dienone is 28. The van der Waals surface area contributed by atoms with Gasteiger partial charge in [-0.05, 0) is 142 Å². The molecule has 4 N–H and O–H groups in total. The first-order valence-corrected chi connectivity index (χ1v) is 29.0. The SMILES string of the molecule is C/C=C/CC/C=C/CC/C=C/CCCC(O)C(O)C(COP(=O)(O)OCC[N+](C)(C)C)NC(=O)CCCCC/C=C\C/C=C\C/C=C\C/C=C\C/C=C\C/C=C\C/C=C\C/C=C\C/C=C\C/C=C\C/C=C\CC. The summed E-state index contributed by atoms with van der Waals surface area (Å²) in [7, 11) is 1.35. The number of carbonyl (C=O) groups is 1. The molecular weight excluding hydrogens is 928 g/mol. The largest absolute Gasteiger partial charge is 0.472 e. The maximum Gasteiger partial charge on any atom is 0.472 e. The zero-order valence-electron chi connectivity index (χ0n) is 46.2. The van der Waals surface area contributed by atoms with Crippen LogP contribution in [0.5, 0.6) is 0 Å². The second-order valence-electron chi connectivity index (χ2n) is 19.0. The van der Waals surface area contributed by atoms with E-state index in [1.807, 2.05) is 28.1 Å². The van der Waals surface area contributed by atoms with Crippen LogP contribution in [-0.2, 0) is 18.4 Å². The highest BCUT2D eigenvalue weighted by atomic mass is 31.2. The predicted molar refractivity (Wildman–Crippen MR) is 314 cm³/mol. The van der Waals surface area contributed by atoms with E-state index in [0.717, 1.165) is 122 Å². The molecule has 0 aromatic rings. The number of rotatable bonds is 47. The standard InChI is InChI=1S/C63H101N2O7P/c1-6-8-10-12-14-16-18-20-21-22-23-24-25-26-27-28-29-30-31-32-33-34-35-36-37-38-39-40-41-42-43-44-46-48-50-52-54-56-62(67)64-60(59-72-73(69,70)71-58-57-65(3,4)5)63(68)61(66)55-53-51-49-47-45-19-17-15-13-11-9-7-2/h7-10,14-17,20-21,23-24,26-27,29-30,32-33,35-36,38-39,41-42,44,46-47,49,60-61,63,66,68H,6,11-13,18-19,22,25,28,31,34,37,40,43,45,48,50-59H2,1-5H3,(H-,64,67,69,70)/p+1/b9-7+,10-8-,16-14-,17-15+,21-20-,24-23-,27-26-,30-29-,33-32-,36-35-,39-38-,42-41-,46-44-,49-47+. The first-order chi connectivity index (χ1) is 35.4. The Labute approximate surface area is 446 Å². The third-order valence-corrected chi connectivity index (χ3v) is 12.1. The average molecular weight is 1030 g/mol. The van der Waals surface area contributed by atoms with Gasteiger partial charge in [0.2, 0.25) is 5.91 Å². The number of aliphatic hydroxyl groups is 2.